The molecule has 0 aliphatic heterocycles. The number of carbonyl (C=O) groups is 1. The lowest BCUT2D eigenvalue weighted by Crippen LogP contribution is -2.44. The minimum absolute atomic E-state index is 0.165. The Bertz CT molecular complexity index is 561. The zero-order valence-electron chi connectivity index (χ0n) is 15.2. The van der Waals surface area contributed by atoms with E-state index in [2.05, 4.69) is 55.7 Å². The van der Waals surface area contributed by atoms with E-state index in [1.807, 2.05) is 20.8 Å². The van der Waals surface area contributed by atoms with Crippen LogP contribution in [0.5, 0.6) is 0 Å². The van der Waals surface area contributed by atoms with Gasteiger partial charge in [0.15, 0.2) is 0 Å². The summed E-state index contributed by atoms with van der Waals surface area (Å²) in [6.07, 6.45) is 0.713. The molecule has 0 aromatic heterocycles. The van der Waals surface area contributed by atoms with Crippen LogP contribution in [0.25, 0.3) is 0 Å². The lowest BCUT2D eigenvalue weighted by molar-refractivity contribution is 0.0521. The van der Waals surface area contributed by atoms with Gasteiger partial charge in [-0.05, 0) is 50.7 Å². The molecule has 4 nitrogen and oxygen atoms in total. The van der Waals surface area contributed by atoms with Crippen molar-refractivity contribution in [3.05, 3.63) is 35.4 Å². The highest BCUT2D eigenvalue weighted by Crippen LogP contribution is 2.45. The number of rotatable bonds is 4. The molecule has 0 saturated carbocycles. The fourth-order valence-electron chi connectivity index (χ4n) is 3.20. The molecule has 0 bridgehead atoms. The largest absolute Gasteiger partial charge is 0.444 e. The summed E-state index contributed by atoms with van der Waals surface area (Å²) < 4.78 is 5.28. The summed E-state index contributed by atoms with van der Waals surface area (Å²) in [4.78, 5) is 11.8. The Morgan fingerprint density at radius 3 is 2.65 bits per heavy atom. The molecule has 4 heteroatoms. The Kier molecular flexibility index (Phi) is 5.04. The first-order chi connectivity index (χ1) is 10.6. The van der Waals surface area contributed by atoms with E-state index in [1.54, 1.807) is 0 Å². The number of nitrogens with one attached hydrogen (secondary N) is 2. The maximum Gasteiger partial charge on any atom is 0.407 e. The van der Waals surface area contributed by atoms with Gasteiger partial charge in [-0.3, -0.25) is 0 Å². The second kappa shape index (κ2) is 6.52. The summed E-state index contributed by atoms with van der Waals surface area (Å²) in [6.45, 7) is 12.8. The van der Waals surface area contributed by atoms with Crippen LogP contribution in [0.2, 0.25) is 0 Å². The predicted octanol–water partition coefficient (Wildman–Crippen LogP) is 3.81. The monoisotopic (exact) mass is 318 g/mol. The lowest BCUT2D eigenvalue weighted by Gasteiger charge is -2.31. The van der Waals surface area contributed by atoms with Crippen molar-refractivity contribution in [2.24, 2.45) is 5.41 Å². The summed E-state index contributed by atoms with van der Waals surface area (Å²) in [7, 11) is 0. The number of carbonyl (C=O) groups excluding carboxylic acids is 1. The van der Waals surface area contributed by atoms with Crippen molar-refractivity contribution in [2.45, 2.75) is 65.6 Å². The van der Waals surface area contributed by atoms with Gasteiger partial charge < -0.3 is 15.4 Å². The molecule has 0 heterocycles. The van der Waals surface area contributed by atoms with E-state index in [4.69, 9.17) is 4.74 Å². The summed E-state index contributed by atoms with van der Waals surface area (Å²) >= 11 is 0. The number of amides is 1. The third-order valence-corrected chi connectivity index (χ3v) is 4.20. The zero-order chi connectivity index (χ0) is 17.3. The van der Waals surface area contributed by atoms with Crippen LogP contribution in [0.4, 0.5) is 4.79 Å². The molecule has 1 aromatic carbocycles. The predicted molar refractivity (Wildman–Crippen MR) is 93.5 cm³/mol. The van der Waals surface area contributed by atoms with Crippen molar-refractivity contribution in [3.8, 4) is 0 Å². The molecule has 0 spiro atoms. The van der Waals surface area contributed by atoms with Gasteiger partial charge in [-0.25, -0.2) is 4.79 Å². The van der Waals surface area contributed by atoms with E-state index in [-0.39, 0.29) is 17.6 Å². The fourth-order valence-corrected chi connectivity index (χ4v) is 3.20. The minimum atomic E-state index is -0.465. The van der Waals surface area contributed by atoms with Gasteiger partial charge in [-0.2, -0.15) is 0 Å². The molecule has 1 aliphatic rings. The van der Waals surface area contributed by atoms with Gasteiger partial charge >= 0.3 is 6.09 Å². The molecule has 2 unspecified atom stereocenters. The summed E-state index contributed by atoms with van der Waals surface area (Å²) in [5.41, 5.74) is 2.50. The standard InChI is InChI=1S/C19H30N2O2/c1-13(12-20-17(22)23-18(2,3)4)21-16-15-10-8-7-9-14(15)11-19(16,5)6/h7-10,13,16,21H,11-12H2,1-6H3,(H,20,22). The first-order valence-electron chi connectivity index (χ1n) is 8.39. The zero-order valence-corrected chi connectivity index (χ0v) is 15.2. The van der Waals surface area contributed by atoms with Crippen LogP contribution in [-0.4, -0.2) is 24.3 Å². The molecule has 1 aliphatic carbocycles. The smallest absolute Gasteiger partial charge is 0.407 e. The molecule has 0 saturated heterocycles. The highest BCUT2D eigenvalue weighted by Gasteiger charge is 2.39. The molecule has 0 radical (unpaired) electrons. The molecule has 128 valence electrons. The minimum Gasteiger partial charge on any atom is -0.444 e. The average molecular weight is 318 g/mol. The topological polar surface area (TPSA) is 50.4 Å². The van der Waals surface area contributed by atoms with Crippen LogP contribution < -0.4 is 10.6 Å². The fraction of sp³-hybridized carbons (Fsp3) is 0.632. The SMILES string of the molecule is CC(CNC(=O)OC(C)(C)C)NC1c2ccccc2CC1(C)C. The summed E-state index contributed by atoms with van der Waals surface area (Å²) in [5, 5.41) is 6.51. The average Bonchev–Trinajstić information content (AvgIpc) is 2.66. The molecule has 1 aromatic rings. The summed E-state index contributed by atoms with van der Waals surface area (Å²) in [6, 6.07) is 9.08. The Labute approximate surface area is 140 Å². The molecular formula is C19H30N2O2. The number of benzene rings is 1. The molecular weight excluding hydrogens is 288 g/mol. The second-order valence-corrected chi connectivity index (χ2v) is 8.25. The quantitative estimate of drug-likeness (QED) is 0.887. The van der Waals surface area contributed by atoms with Crippen LogP contribution in [-0.2, 0) is 11.2 Å². The van der Waals surface area contributed by atoms with Crippen LogP contribution >= 0.6 is 0 Å². The number of hydrogen-bond donors (Lipinski definition) is 2. The highest BCUT2D eigenvalue weighted by atomic mass is 16.6. The van der Waals surface area contributed by atoms with Crippen molar-refractivity contribution in [1.29, 1.82) is 0 Å². The molecule has 2 atom stereocenters. The maximum atomic E-state index is 11.8. The highest BCUT2D eigenvalue weighted by molar-refractivity contribution is 5.67. The van der Waals surface area contributed by atoms with Crippen molar-refractivity contribution in [2.75, 3.05) is 6.54 Å². The van der Waals surface area contributed by atoms with E-state index in [1.165, 1.54) is 11.1 Å². The van der Waals surface area contributed by atoms with Crippen LogP contribution in [0.1, 0.15) is 58.7 Å². The molecule has 0 fully saturated rings. The first-order valence-corrected chi connectivity index (χ1v) is 8.39. The van der Waals surface area contributed by atoms with E-state index >= 15 is 0 Å². The Morgan fingerprint density at radius 2 is 2.00 bits per heavy atom. The van der Waals surface area contributed by atoms with Crippen molar-refractivity contribution < 1.29 is 9.53 Å². The van der Waals surface area contributed by atoms with E-state index < -0.39 is 5.60 Å². The van der Waals surface area contributed by atoms with Crippen molar-refractivity contribution in [1.82, 2.24) is 10.6 Å². The molecule has 2 rings (SSSR count). The Hall–Kier alpha value is -1.55. The van der Waals surface area contributed by atoms with Gasteiger partial charge in [-0.15, -0.1) is 0 Å². The van der Waals surface area contributed by atoms with E-state index in [0.29, 0.717) is 12.6 Å². The van der Waals surface area contributed by atoms with Crippen molar-refractivity contribution >= 4 is 6.09 Å². The van der Waals surface area contributed by atoms with Gasteiger partial charge in [0.2, 0.25) is 0 Å². The second-order valence-electron chi connectivity index (χ2n) is 8.25. The number of ether oxygens (including phenoxy) is 1. The lowest BCUT2D eigenvalue weighted by atomic mass is 9.85. The normalized spacial score (nSPS) is 20.7. The first kappa shape index (κ1) is 17.8. The number of alkyl carbamates (subject to hydrolysis) is 1. The molecule has 23 heavy (non-hydrogen) atoms. The van der Waals surface area contributed by atoms with E-state index in [9.17, 15) is 4.79 Å². The Morgan fingerprint density at radius 1 is 1.35 bits per heavy atom. The van der Waals surface area contributed by atoms with Crippen LogP contribution in [0.15, 0.2) is 24.3 Å². The van der Waals surface area contributed by atoms with E-state index in [0.717, 1.165) is 6.42 Å². The molecule has 1 amide bonds. The van der Waals surface area contributed by atoms with Gasteiger partial charge in [0, 0.05) is 18.6 Å². The van der Waals surface area contributed by atoms with Gasteiger partial charge in [0.25, 0.3) is 0 Å². The third-order valence-electron chi connectivity index (χ3n) is 4.20. The van der Waals surface area contributed by atoms with Gasteiger partial charge in [0.1, 0.15) is 5.60 Å². The van der Waals surface area contributed by atoms with Crippen LogP contribution in [0, 0.1) is 5.41 Å². The number of hydrogen-bond acceptors (Lipinski definition) is 3. The van der Waals surface area contributed by atoms with Crippen molar-refractivity contribution in [3.63, 3.8) is 0 Å². The van der Waals surface area contributed by atoms with Gasteiger partial charge in [0.05, 0.1) is 0 Å². The third kappa shape index (κ3) is 4.71. The maximum absolute atomic E-state index is 11.8. The number of fused-ring (bicyclic) bond motifs is 1. The van der Waals surface area contributed by atoms with Crippen LogP contribution in [0.3, 0.4) is 0 Å². The summed E-state index contributed by atoms with van der Waals surface area (Å²) in [5.74, 6) is 0. The Balaban J connectivity index is 1.92. The van der Waals surface area contributed by atoms with Gasteiger partial charge in [-0.1, -0.05) is 38.1 Å². The molecule has 2 N–H and O–H groups in total.